The smallest absolute Gasteiger partial charge is 0.228 e. The van der Waals surface area contributed by atoms with Crippen molar-refractivity contribution in [1.29, 1.82) is 0 Å². The van der Waals surface area contributed by atoms with Crippen molar-refractivity contribution in [2.75, 3.05) is 6.26 Å². The van der Waals surface area contributed by atoms with Crippen LogP contribution in [0.2, 0.25) is 0 Å². The maximum atomic E-state index is 13.0. The van der Waals surface area contributed by atoms with Gasteiger partial charge in [-0.3, -0.25) is 0 Å². The van der Waals surface area contributed by atoms with Gasteiger partial charge in [-0.1, -0.05) is 24.3 Å². The second-order valence-corrected chi connectivity index (χ2v) is 6.78. The van der Waals surface area contributed by atoms with Crippen molar-refractivity contribution in [3.63, 3.8) is 0 Å². The van der Waals surface area contributed by atoms with E-state index in [9.17, 15) is 12.8 Å². The van der Waals surface area contributed by atoms with Crippen LogP contribution >= 0.6 is 0 Å². The highest BCUT2D eigenvalue weighted by atomic mass is 32.2. The molecule has 0 aliphatic rings. The third-order valence-electron chi connectivity index (χ3n) is 3.21. The topological polar surface area (TPSA) is 52.0 Å². The maximum absolute atomic E-state index is 13.0. The number of benzene rings is 2. The molecule has 0 aliphatic heterocycles. The molecular formula is C15H13FN2O2S. The SMILES string of the molecule is CS(=O)(=O)c1nc2ccccc2n1Cc1ccc(F)cc1. The van der Waals surface area contributed by atoms with E-state index in [4.69, 9.17) is 0 Å². The highest BCUT2D eigenvalue weighted by Gasteiger charge is 2.19. The van der Waals surface area contributed by atoms with Crippen LogP contribution in [0.1, 0.15) is 5.56 Å². The molecule has 0 unspecified atom stereocenters. The number of rotatable bonds is 3. The molecule has 3 aromatic rings. The van der Waals surface area contributed by atoms with Crippen LogP contribution < -0.4 is 0 Å². The Balaban J connectivity index is 2.17. The van der Waals surface area contributed by atoms with Gasteiger partial charge in [-0.05, 0) is 29.8 Å². The third kappa shape index (κ3) is 2.67. The summed E-state index contributed by atoms with van der Waals surface area (Å²) in [5.74, 6) is -0.322. The van der Waals surface area contributed by atoms with E-state index in [1.807, 2.05) is 18.2 Å². The van der Waals surface area contributed by atoms with Crippen LogP contribution in [-0.2, 0) is 16.4 Å². The quantitative estimate of drug-likeness (QED) is 0.747. The van der Waals surface area contributed by atoms with E-state index in [0.29, 0.717) is 12.1 Å². The number of halogens is 1. The Labute approximate surface area is 121 Å². The molecule has 0 radical (unpaired) electrons. The maximum Gasteiger partial charge on any atom is 0.228 e. The van der Waals surface area contributed by atoms with Crippen LogP contribution in [0, 0.1) is 5.82 Å². The van der Waals surface area contributed by atoms with Gasteiger partial charge in [0, 0.05) is 6.26 Å². The second-order valence-electron chi connectivity index (χ2n) is 4.87. The first kappa shape index (κ1) is 13.8. The molecule has 3 rings (SSSR count). The van der Waals surface area contributed by atoms with Crippen molar-refractivity contribution in [2.24, 2.45) is 0 Å². The molecule has 0 saturated carbocycles. The molecule has 0 fully saturated rings. The van der Waals surface area contributed by atoms with E-state index in [0.717, 1.165) is 17.3 Å². The van der Waals surface area contributed by atoms with Gasteiger partial charge in [-0.25, -0.2) is 17.8 Å². The van der Waals surface area contributed by atoms with Gasteiger partial charge in [0.1, 0.15) is 5.82 Å². The lowest BCUT2D eigenvalue weighted by molar-refractivity contribution is 0.581. The zero-order valence-corrected chi connectivity index (χ0v) is 12.1. The first-order valence-electron chi connectivity index (χ1n) is 6.35. The fraction of sp³-hybridized carbons (Fsp3) is 0.133. The molecule has 2 aromatic carbocycles. The summed E-state index contributed by atoms with van der Waals surface area (Å²) < 4.78 is 38.5. The zero-order chi connectivity index (χ0) is 15.0. The Kier molecular flexibility index (Phi) is 3.25. The molecule has 0 saturated heterocycles. The molecule has 108 valence electrons. The lowest BCUT2D eigenvalue weighted by Gasteiger charge is -2.08. The standard InChI is InChI=1S/C15H13FN2O2S/c1-21(19,20)15-17-13-4-2-3-5-14(13)18(15)10-11-6-8-12(16)9-7-11/h2-9H,10H2,1H3. The zero-order valence-electron chi connectivity index (χ0n) is 11.3. The van der Waals surface area contributed by atoms with Crippen molar-refractivity contribution in [2.45, 2.75) is 11.7 Å². The van der Waals surface area contributed by atoms with Crippen molar-refractivity contribution < 1.29 is 12.8 Å². The highest BCUT2D eigenvalue weighted by Crippen LogP contribution is 2.21. The largest absolute Gasteiger partial charge is 0.310 e. The molecule has 4 nitrogen and oxygen atoms in total. The number of fused-ring (bicyclic) bond motifs is 1. The number of sulfone groups is 1. The number of para-hydroxylation sites is 2. The van der Waals surface area contributed by atoms with Gasteiger partial charge in [0.15, 0.2) is 0 Å². The molecular weight excluding hydrogens is 291 g/mol. The highest BCUT2D eigenvalue weighted by molar-refractivity contribution is 7.90. The Bertz CT molecular complexity index is 899. The van der Waals surface area contributed by atoms with Crippen molar-refractivity contribution >= 4 is 20.9 Å². The summed E-state index contributed by atoms with van der Waals surface area (Å²) in [6, 6.07) is 13.2. The van der Waals surface area contributed by atoms with E-state index in [-0.39, 0.29) is 11.0 Å². The molecule has 0 amide bonds. The average Bonchev–Trinajstić information content (AvgIpc) is 2.81. The normalized spacial score (nSPS) is 11.9. The van der Waals surface area contributed by atoms with Gasteiger partial charge in [0.2, 0.25) is 15.0 Å². The number of aromatic nitrogens is 2. The molecule has 0 aliphatic carbocycles. The van der Waals surface area contributed by atoms with E-state index in [1.165, 1.54) is 12.1 Å². The summed E-state index contributed by atoms with van der Waals surface area (Å²) in [6.07, 6.45) is 1.13. The minimum absolute atomic E-state index is 0.0213. The first-order valence-corrected chi connectivity index (χ1v) is 8.24. The Morgan fingerprint density at radius 1 is 1.10 bits per heavy atom. The first-order chi connectivity index (χ1) is 9.95. The van der Waals surface area contributed by atoms with Crippen molar-refractivity contribution in [3.05, 3.63) is 59.9 Å². The van der Waals surface area contributed by atoms with Crippen LogP contribution in [0.25, 0.3) is 11.0 Å². The summed E-state index contributed by atoms with van der Waals surface area (Å²) in [7, 11) is -3.45. The van der Waals surface area contributed by atoms with E-state index >= 15 is 0 Å². The molecule has 6 heteroatoms. The van der Waals surface area contributed by atoms with Crippen LogP contribution in [0.15, 0.2) is 53.7 Å². The fourth-order valence-corrected chi connectivity index (χ4v) is 3.09. The number of hydrogen-bond donors (Lipinski definition) is 0. The monoisotopic (exact) mass is 304 g/mol. The fourth-order valence-electron chi connectivity index (χ4n) is 2.26. The van der Waals surface area contributed by atoms with Crippen LogP contribution in [0.3, 0.4) is 0 Å². The summed E-state index contributed by atoms with van der Waals surface area (Å²) in [5.41, 5.74) is 2.17. The molecule has 0 bridgehead atoms. The van der Waals surface area contributed by atoms with Crippen LogP contribution in [0.5, 0.6) is 0 Å². The van der Waals surface area contributed by atoms with E-state index < -0.39 is 9.84 Å². The van der Waals surface area contributed by atoms with Gasteiger partial charge in [0.25, 0.3) is 0 Å². The van der Waals surface area contributed by atoms with Crippen LogP contribution in [-0.4, -0.2) is 24.2 Å². The number of imidazole rings is 1. The summed E-state index contributed by atoms with van der Waals surface area (Å²) >= 11 is 0. The van der Waals surface area contributed by atoms with Gasteiger partial charge in [-0.2, -0.15) is 0 Å². The van der Waals surface area contributed by atoms with Crippen molar-refractivity contribution in [1.82, 2.24) is 9.55 Å². The predicted octanol–water partition coefficient (Wildman–Crippen LogP) is 2.63. The molecule has 21 heavy (non-hydrogen) atoms. The molecule has 0 spiro atoms. The Hall–Kier alpha value is -2.21. The lowest BCUT2D eigenvalue weighted by atomic mass is 10.2. The second kappa shape index (κ2) is 4.96. The van der Waals surface area contributed by atoms with Crippen LogP contribution in [0.4, 0.5) is 4.39 Å². The van der Waals surface area contributed by atoms with E-state index in [2.05, 4.69) is 4.98 Å². The van der Waals surface area contributed by atoms with Gasteiger partial charge in [-0.15, -0.1) is 0 Å². The Morgan fingerprint density at radius 2 is 1.76 bits per heavy atom. The number of nitrogens with zero attached hydrogens (tertiary/aromatic N) is 2. The Morgan fingerprint density at radius 3 is 2.43 bits per heavy atom. The number of hydrogen-bond acceptors (Lipinski definition) is 3. The summed E-state index contributed by atoms with van der Waals surface area (Å²) in [6.45, 7) is 0.323. The minimum atomic E-state index is -3.45. The third-order valence-corrected chi connectivity index (χ3v) is 4.18. The molecule has 1 heterocycles. The summed E-state index contributed by atoms with van der Waals surface area (Å²) in [5, 5.41) is 0.0213. The van der Waals surface area contributed by atoms with Gasteiger partial charge >= 0.3 is 0 Å². The molecule has 0 N–H and O–H groups in total. The summed E-state index contributed by atoms with van der Waals surface area (Å²) in [4.78, 5) is 4.20. The van der Waals surface area contributed by atoms with Gasteiger partial charge < -0.3 is 4.57 Å². The predicted molar refractivity (Wildman–Crippen MR) is 78.3 cm³/mol. The van der Waals surface area contributed by atoms with Crippen molar-refractivity contribution in [3.8, 4) is 0 Å². The average molecular weight is 304 g/mol. The molecule has 0 atom stereocenters. The lowest BCUT2D eigenvalue weighted by Crippen LogP contribution is -2.10. The van der Waals surface area contributed by atoms with Gasteiger partial charge in [0.05, 0.1) is 17.6 Å². The van der Waals surface area contributed by atoms with E-state index in [1.54, 1.807) is 22.8 Å². The minimum Gasteiger partial charge on any atom is -0.310 e. The molecule has 1 aromatic heterocycles.